The van der Waals surface area contributed by atoms with Crippen LogP contribution in [0.2, 0.25) is 0 Å². The van der Waals surface area contributed by atoms with Crippen LogP contribution in [0.5, 0.6) is 5.75 Å². The normalized spacial score (nSPS) is 19.7. The molecule has 30 heavy (non-hydrogen) atoms. The zero-order valence-electron chi connectivity index (χ0n) is 17.7. The minimum Gasteiger partial charge on any atom is -0.497 e. The third-order valence-corrected chi connectivity index (χ3v) is 8.07. The number of aromatic nitrogens is 1. The number of rotatable bonds is 6. The molecule has 4 rings (SSSR count). The van der Waals surface area contributed by atoms with Crippen LogP contribution in [0.25, 0.3) is 0 Å². The van der Waals surface area contributed by atoms with Gasteiger partial charge in [-0.2, -0.15) is 4.31 Å². The number of anilines is 1. The van der Waals surface area contributed by atoms with E-state index in [4.69, 9.17) is 4.74 Å². The Bertz CT molecular complexity index is 951. The van der Waals surface area contributed by atoms with E-state index in [0.29, 0.717) is 24.0 Å². The largest absolute Gasteiger partial charge is 0.497 e. The number of hydrogen-bond donors (Lipinski definition) is 0. The van der Waals surface area contributed by atoms with Crippen molar-refractivity contribution >= 4 is 15.8 Å². The molecule has 2 aliphatic heterocycles. The summed E-state index contributed by atoms with van der Waals surface area (Å²) in [7, 11) is -1.72. The maximum Gasteiger partial charge on any atom is 0.244 e. The van der Waals surface area contributed by atoms with Crippen molar-refractivity contribution in [3.8, 4) is 5.75 Å². The van der Waals surface area contributed by atoms with E-state index in [0.717, 1.165) is 50.6 Å². The molecule has 2 aromatic rings. The average molecular weight is 431 g/mol. The molecule has 1 atom stereocenters. The van der Waals surface area contributed by atoms with Gasteiger partial charge in [0.25, 0.3) is 0 Å². The molecule has 2 aliphatic rings. The zero-order valence-corrected chi connectivity index (χ0v) is 18.5. The number of hydrogen-bond acceptors (Lipinski definition) is 6. The van der Waals surface area contributed by atoms with E-state index in [1.807, 2.05) is 18.2 Å². The molecule has 0 radical (unpaired) electrons. The molecule has 1 unspecified atom stereocenters. The quantitative estimate of drug-likeness (QED) is 0.702. The minimum absolute atomic E-state index is 0.290. The number of pyridine rings is 1. The first kappa shape index (κ1) is 21.1. The van der Waals surface area contributed by atoms with Crippen molar-refractivity contribution in [3.05, 3.63) is 48.2 Å². The molecular formula is C22H30N4O3S. The van der Waals surface area contributed by atoms with Gasteiger partial charge in [0, 0.05) is 51.5 Å². The van der Waals surface area contributed by atoms with Crippen LogP contribution < -0.4 is 9.64 Å². The fourth-order valence-corrected chi connectivity index (χ4v) is 5.70. The van der Waals surface area contributed by atoms with Gasteiger partial charge in [0.1, 0.15) is 16.5 Å². The van der Waals surface area contributed by atoms with Crippen molar-refractivity contribution in [2.75, 3.05) is 51.3 Å². The van der Waals surface area contributed by atoms with Gasteiger partial charge in [-0.15, -0.1) is 0 Å². The number of methoxy groups -OCH3 is 1. The van der Waals surface area contributed by atoms with E-state index in [9.17, 15) is 8.42 Å². The lowest BCUT2D eigenvalue weighted by Crippen LogP contribution is -2.47. The SMILES string of the molecule is COc1cccc(C(C)N2CCN(c3ccc(S(=O)(=O)N4CCCC4)cn3)CC2)c1. The highest BCUT2D eigenvalue weighted by atomic mass is 32.2. The molecule has 0 spiro atoms. The molecule has 0 aliphatic carbocycles. The fraction of sp³-hybridized carbons (Fsp3) is 0.500. The summed E-state index contributed by atoms with van der Waals surface area (Å²) in [6.45, 7) is 7.01. The second kappa shape index (κ2) is 8.91. The monoisotopic (exact) mass is 430 g/mol. The van der Waals surface area contributed by atoms with Crippen molar-refractivity contribution in [1.82, 2.24) is 14.2 Å². The second-order valence-corrected chi connectivity index (χ2v) is 9.88. The van der Waals surface area contributed by atoms with Crippen LogP contribution in [-0.4, -0.2) is 69.0 Å². The Hall–Kier alpha value is -2.16. The third kappa shape index (κ3) is 4.31. The van der Waals surface area contributed by atoms with Gasteiger partial charge in [-0.1, -0.05) is 12.1 Å². The van der Waals surface area contributed by atoms with Crippen molar-refractivity contribution in [2.24, 2.45) is 0 Å². The maximum atomic E-state index is 12.7. The summed E-state index contributed by atoms with van der Waals surface area (Å²) in [5, 5.41) is 0. The maximum absolute atomic E-state index is 12.7. The molecule has 0 N–H and O–H groups in total. The Balaban J connectivity index is 1.38. The number of nitrogens with zero attached hydrogens (tertiary/aromatic N) is 4. The molecule has 3 heterocycles. The Morgan fingerprint density at radius 2 is 1.73 bits per heavy atom. The van der Waals surface area contributed by atoms with Crippen LogP contribution in [0.1, 0.15) is 31.4 Å². The molecule has 1 aromatic carbocycles. The summed E-state index contributed by atoms with van der Waals surface area (Å²) < 4.78 is 32.3. The van der Waals surface area contributed by atoms with E-state index in [1.165, 1.54) is 11.8 Å². The first-order valence-electron chi connectivity index (χ1n) is 10.6. The third-order valence-electron chi connectivity index (χ3n) is 6.19. The van der Waals surface area contributed by atoms with E-state index < -0.39 is 10.0 Å². The van der Waals surface area contributed by atoms with Crippen LogP contribution in [0.4, 0.5) is 5.82 Å². The molecule has 0 saturated carbocycles. The predicted octanol–water partition coefficient (Wildman–Crippen LogP) is 2.76. The van der Waals surface area contributed by atoms with Crippen LogP contribution in [0, 0.1) is 0 Å². The summed E-state index contributed by atoms with van der Waals surface area (Å²) in [5.41, 5.74) is 1.25. The van der Waals surface area contributed by atoms with Gasteiger partial charge in [0.05, 0.1) is 7.11 Å². The summed E-state index contributed by atoms with van der Waals surface area (Å²) in [6, 6.07) is 12.1. The summed E-state index contributed by atoms with van der Waals surface area (Å²) in [6.07, 6.45) is 3.38. The molecule has 7 nitrogen and oxygen atoms in total. The number of benzene rings is 1. The summed E-state index contributed by atoms with van der Waals surface area (Å²) >= 11 is 0. The Kier molecular flexibility index (Phi) is 6.26. The van der Waals surface area contributed by atoms with Gasteiger partial charge >= 0.3 is 0 Å². The van der Waals surface area contributed by atoms with Gasteiger partial charge in [0.2, 0.25) is 10.0 Å². The van der Waals surface area contributed by atoms with Crippen molar-refractivity contribution < 1.29 is 13.2 Å². The second-order valence-electron chi connectivity index (χ2n) is 7.94. The van der Waals surface area contributed by atoms with Gasteiger partial charge in [-0.25, -0.2) is 13.4 Å². The van der Waals surface area contributed by atoms with E-state index in [2.05, 4.69) is 33.8 Å². The number of piperazine rings is 1. The van der Waals surface area contributed by atoms with E-state index >= 15 is 0 Å². The molecular weight excluding hydrogens is 400 g/mol. The fourth-order valence-electron chi connectivity index (χ4n) is 4.24. The van der Waals surface area contributed by atoms with Crippen LogP contribution >= 0.6 is 0 Å². The topological polar surface area (TPSA) is 66.0 Å². The van der Waals surface area contributed by atoms with Gasteiger partial charge in [0.15, 0.2) is 0 Å². The highest BCUT2D eigenvalue weighted by Crippen LogP contribution is 2.26. The lowest BCUT2D eigenvalue weighted by Gasteiger charge is -2.38. The zero-order chi connectivity index (χ0) is 21.1. The molecule has 2 fully saturated rings. The Morgan fingerprint density at radius 1 is 1.00 bits per heavy atom. The lowest BCUT2D eigenvalue weighted by molar-refractivity contribution is 0.198. The highest BCUT2D eigenvalue weighted by molar-refractivity contribution is 7.89. The molecule has 0 bridgehead atoms. The average Bonchev–Trinajstić information content (AvgIpc) is 3.35. The number of ether oxygens (including phenoxy) is 1. The Labute approximate surface area is 179 Å². The Morgan fingerprint density at radius 3 is 2.37 bits per heavy atom. The lowest BCUT2D eigenvalue weighted by atomic mass is 10.1. The summed E-state index contributed by atoms with van der Waals surface area (Å²) in [5.74, 6) is 1.72. The first-order valence-corrected chi connectivity index (χ1v) is 12.0. The standard InChI is InChI=1S/C22H30N4O3S/c1-18(19-6-5-7-20(16-19)29-2)24-12-14-25(15-13-24)22-9-8-21(17-23-22)30(27,28)26-10-3-4-11-26/h5-9,16-18H,3-4,10-15H2,1-2H3. The first-order chi connectivity index (χ1) is 14.5. The van der Waals surface area contributed by atoms with Crippen LogP contribution in [-0.2, 0) is 10.0 Å². The van der Waals surface area contributed by atoms with E-state index in [-0.39, 0.29) is 0 Å². The summed E-state index contributed by atoms with van der Waals surface area (Å²) in [4.78, 5) is 9.45. The van der Waals surface area contributed by atoms with Crippen LogP contribution in [0.15, 0.2) is 47.5 Å². The van der Waals surface area contributed by atoms with Crippen molar-refractivity contribution in [1.29, 1.82) is 0 Å². The van der Waals surface area contributed by atoms with Crippen LogP contribution in [0.3, 0.4) is 0 Å². The van der Waals surface area contributed by atoms with E-state index in [1.54, 1.807) is 17.5 Å². The predicted molar refractivity (Wildman–Crippen MR) is 117 cm³/mol. The smallest absolute Gasteiger partial charge is 0.244 e. The molecule has 1 aromatic heterocycles. The molecule has 8 heteroatoms. The molecule has 162 valence electrons. The minimum atomic E-state index is -3.41. The molecule has 2 saturated heterocycles. The van der Waals surface area contributed by atoms with Crippen molar-refractivity contribution in [2.45, 2.75) is 30.7 Å². The van der Waals surface area contributed by atoms with Gasteiger partial charge in [-0.3, -0.25) is 4.90 Å². The van der Waals surface area contributed by atoms with Crippen molar-refractivity contribution in [3.63, 3.8) is 0 Å². The van der Waals surface area contributed by atoms with Gasteiger partial charge < -0.3 is 9.64 Å². The molecule has 0 amide bonds. The number of sulfonamides is 1. The highest BCUT2D eigenvalue weighted by Gasteiger charge is 2.28. The van der Waals surface area contributed by atoms with Gasteiger partial charge in [-0.05, 0) is 49.6 Å².